The molecular weight excluding hydrogens is 376 g/mol. The molecule has 1 aliphatic heterocycles. The lowest BCUT2D eigenvalue weighted by Gasteiger charge is -2.31. The Morgan fingerprint density at radius 2 is 1.93 bits per heavy atom. The highest BCUT2D eigenvalue weighted by atomic mass is 16.5. The maximum atomic E-state index is 12.4. The SMILES string of the molecule is CCCCNC(=O)NC(=O)COC(=O)C1CCCN(C(=O)Nc2ccccc2)C1. The van der Waals surface area contributed by atoms with Gasteiger partial charge in [-0.05, 0) is 31.4 Å². The molecule has 5 amide bonds. The maximum absolute atomic E-state index is 12.4. The van der Waals surface area contributed by atoms with Gasteiger partial charge in [-0.3, -0.25) is 14.9 Å². The lowest BCUT2D eigenvalue weighted by molar-refractivity contribution is -0.153. The Morgan fingerprint density at radius 3 is 2.66 bits per heavy atom. The quantitative estimate of drug-likeness (QED) is 0.475. The van der Waals surface area contributed by atoms with Gasteiger partial charge in [-0.1, -0.05) is 31.5 Å². The molecule has 1 fully saturated rings. The molecule has 158 valence electrons. The fourth-order valence-electron chi connectivity index (χ4n) is 2.92. The van der Waals surface area contributed by atoms with E-state index in [-0.39, 0.29) is 12.6 Å². The highest BCUT2D eigenvalue weighted by Gasteiger charge is 2.30. The number of amides is 5. The molecule has 1 aromatic carbocycles. The normalized spacial score (nSPS) is 15.9. The highest BCUT2D eigenvalue weighted by molar-refractivity contribution is 5.95. The minimum Gasteiger partial charge on any atom is -0.455 e. The number of esters is 1. The Bertz CT molecular complexity index is 710. The second-order valence-corrected chi connectivity index (χ2v) is 6.85. The van der Waals surface area contributed by atoms with E-state index in [9.17, 15) is 19.2 Å². The van der Waals surface area contributed by atoms with Gasteiger partial charge in [0.05, 0.1) is 5.92 Å². The highest BCUT2D eigenvalue weighted by Crippen LogP contribution is 2.19. The van der Waals surface area contributed by atoms with Crippen molar-refractivity contribution >= 4 is 29.6 Å². The number of rotatable bonds is 7. The van der Waals surface area contributed by atoms with Crippen molar-refractivity contribution in [2.45, 2.75) is 32.6 Å². The van der Waals surface area contributed by atoms with Gasteiger partial charge in [-0.2, -0.15) is 0 Å². The number of piperidine rings is 1. The number of hydrogen-bond donors (Lipinski definition) is 3. The molecule has 9 nitrogen and oxygen atoms in total. The Morgan fingerprint density at radius 1 is 1.17 bits per heavy atom. The number of unbranched alkanes of at least 4 members (excludes halogenated alkanes) is 1. The molecule has 0 bridgehead atoms. The van der Waals surface area contributed by atoms with Gasteiger partial charge in [0, 0.05) is 25.3 Å². The van der Waals surface area contributed by atoms with Crippen LogP contribution in [0, 0.1) is 5.92 Å². The van der Waals surface area contributed by atoms with Gasteiger partial charge in [0.15, 0.2) is 6.61 Å². The number of anilines is 1. The molecule has 9 heteroatoms. The molecule has 2 rings (SSSR count). The number of carbonyl (C=O) groups is 4. The van der Waals surface area contributed by atoms with Crippen LogP contribution in [0.4, 0.5) is 15.3 Å². The molecule has 0 aliphatic carbocycles. The molecule has 0 spiro atoms. The van der Waals surface area contributed by atoms with Crippen molar-refractivity contribution in [3.8, 4) is 0 Å². The van der Waals surface area contributed by atoms with Gasteiger partial charge in [0.2, 0.25) is 0 Å². The van der Waals surface area contributed by atoms with Crippen molar-refractivity contribution in [3.63, 3.8) is 0 Å². The first-order valence-electron chi connectivity index (χ1n) is 9.85. The smallest absolute Gasteiger partial charge is 0.321 e. The summed E-state index contributed by atoms with van der Waals surface area (Å²) in [6.45, 7) is 2.68. The number of imide groups is 1. The summed E-state index contributed by atoms with van der Waals surface area (Å²) in [6, 6.07) is 8.17. The van der Waals surface area contributed by atoms with Crippen LogP contribution in [0.1, 0.15) is 32.6 Å². The summed E-state index contributed by atoms with van der Waals surface area (Å²) in [5.41, 5.74) is 0.677. The Kier molecular flexibility index (Phi) is 8.94. The van der Waals surface area contributed by atoms with Crippen LogP contribution in [-0.4, -0.2) is 55.1 Å². The van der Waals surface area contributed by atoms with Crippen molar-refractivity contribution in [1.29, 1.82) is 0 Å². The summed E-state index contributed by atoms with van der Waals surface area (Å²) < 4.78 is 5.03. The minimum absolute atomic E-state index is 0.219. The molecule has 1 unspecified atom stereocenters. The van der Waals surface area contributed by atoms with Gasteiger partial charge < -0.3 is 20.3 Å². The van der Waals surface area contributed by atoms with Crippen molar-refractivity contribution in [1.82, 2.24) is 15.5 Å². The number of nitrogens with one attached hydrogen (secondary N) is 3. The molecule has 1 heterocycles. The second kappa shape index (κ2) is 11.7. The van der Waals surface area contributed by atoms with E-state index in [2.05, 4.69) is 16.0 Å². The minimum atomic E-state index is -0.693. The third-order valence-corrected chi connectivity index (χ3v) is 4.48. The molecule has 0 saturated carbocycles. The van der Waals surface area contributed by atoms with E-state index in [1.165, 1.54) is 0 Å². The molecule has 29 heavy (non-hydrogen) atoms. The zero-order valence-electron chi connectivity index (χ0n) is 16.6. The number of para-hydroxylation sites is 1. The average Bonchev–Trinajstić information content (AvgIpc) is 2.73. The van der Waals surface area contributed by atoms with Crippen LogP contribution in [-0.2, 0) is 14.3 Å². The molecule has 1 aliphatic rings. The van der Waals surface area contributed by atoms with E-state index in [1.54, 1.807) is 17.0 Å². The van der Waals surface area contributed by atoms with Crippen LogP contribution in [0.3, 0.4) is 0 Å². The van der Waals surface area contributed by atoms with E-state index in [1.807, 2.05) is 25.1 Å². The van der Waals surface area contributed by atoms with Crippen molar-refractivity contribution in [2.75, 3.05) is 31.6 Å². The topological polar surface area (TPSA) is 117 Å². The van der Waals surface area contributed by atoms with Gasteiger partial charge in [0.1, 0.15) is 0 Å². The first-order chi connectivity index (χ1) is 14.0. The fourth-order valence-corrected chi connectivity index (χ4v) is 2.92. The number of carbonyl (C=O) groups excluding carboxylic acids is 4. The predicted octanol–water partition coefficient (Wildman–Crippen LogP) is 2.10. The van der Waals surface area contributed by atoms with Gasteiger partial charge >= 0.3 is 18.0 Å². The van der Waals surface area contributed by atoms with Crippen molar-refractivity contribution < 1.29 is 23.9 Å². The zero-order chi connectivity index (χ0) is 21.1. The van der Waals surface area contributed by atoms with Crippen LogP contribution >= 0.6 is 0 Å². The standard InChI is InChI=1S/C20H28N4O5/c1-2-3-11-21-19(27)23-17(25)14-29-18(26)15-8-7-12-24(13-15)20(28)22-16-9-5-4-6-10-16/h4-6,9-10,15H,2-3,7-8,11-14H2,1H3,(H,22,28)(H2,21,23,25,27). The van der Waals surface area contributed by atoms with E-state index >= 15 is 0 Å². The van der Waals surface area contributed by atoms with Crippen LogP contribution in [0.15, 0.2) is 30.3 Å². The van der Waals surface area contributed by atoms with E-state index in [0.29, 0.717) is 31.6 Å². The molecule has 3 N–H and O–H groups in total. The first kappa shape index (κ1) is 22.2. The number of benzene rings is 1. The molecule has 1 saturated heterocycles. The Hall–Kier alpha value is -3.10. The van der Waals surface area contributed by atoms with Crippen molar-refractivity contribution in [2.24, 2.45) is 5.92 Å². The lowest BCUT2D eigenvalue weighted by Crippen LogP contribution is -2.45. The summed E-state index contributed by atoms with van der Waals surface area (Å²) >= 11 is 0. The number of hydrogen-bond acceptors (Lipinski definition) is 5. The van der Waals surface area contributed by atoms with Crippen LogP contribution in [0.25, 0.3) is 0 Å². The van der Waals surface area contributed by atoms with E-state index in [4.69, 9.17) is 4.74 Å². The summed E-state index contributed by atoms with van der Waals surface area (Å²) in [7, 11) is 0. The Balaban J connectivity index is 1.73. The molecule has 0 radical (unpaired) electrons. The van der Waals surface area contributed by atoms with Crippen molar-refractivity contribution in [3.05, 3.63) is 30.3 Å². The fraction of sp³-hybridized carbons (Fsp3) is 0.500. The summed E-state index contributed by atoms with van der Waals surface area (Å²) in [5.74, 6) is -1.75. The zero-order valence-corrected chi connectivity index (χ0v) is 16.6. The second-order valence-electron chi connectivity index (χ2n) is 6.85. The Labute approximate surface area is 170 Å². The van der Waals surface area contributed by atoms with Crippen LogP contribution in [0.5, 0.6) is 0 Å². The number of urea groups is 2. The lowest BCUT2D eigenvalue weighted by atomic mass is 9.98. The summed E-state index contributed by atoms with van der Waals surface area (Å²) in [4.78, 5) is 49.4. The van der Waals surface area contributed by atoms with E-state index in [0.717, 1.165) is 12.8 Å². The summed E-state index contributed by atoms with van der Waals surface area (Å²) in [6.07, 6.45) is 2.97. The third-order valence-electron chi connectivity index (χ3n) is 4.48. The largest absolute Gasteiger partial charge is 0.455 e. The molecular formula is C20H28N4O5. The average molecular weight is 404 g/mol. The molecule has 1 atom stereocenters. The molecule has 1 aromatic rings. The van der Waals surface area contributed by atoms with Gasteiger partial charge in [-0.25, -0.2) is 9.59 Å². The summed E-state index contributed by atoms with van der Waals surface area (Å²) in [5, 5.41) is 7.44. The maximum Gasteiger partial charge on any atom is 0.321 e. The predicted molar refractivity (Wildman–Crippen MR) is 107 cm³/mol. The third kappa shape index (κ3) is 7.81. The number of likely N-dealkylation sites (tertiary alicyclic amines) is 1. The van der Waals surface area contributed by atoms with Gasteiger partial charge in [0.25, 0.3) is 5.91 Å². The molecule has 0 aromatic heterocycles. The number of ether oxygens (including phenoxy) is 1. The first-order valence-corrected chi connectivity index (χ1v) is 9.85. The van der Waals surface area contributed by atoms with Gasteiger partial charge in [-0.15, -0.1) is 0 Å². The van der Waals surface area contributed by atoms with Crippen LogP contribution < -0.4 is 16.0 Å². The monoisotopic (exact) mass is 404 g/mol. The van der Waals surface area contributed by atoms with E-state index < -0.39 is 30.4 Å². The van der Waals surface area contributed by atoms with Crippen LogP contribution in [0.2, 0.25) is 0 Å². The number of nitrogens with zero attached hydrogens (tertiary/aromatic N) is 1.